The molecule has 16 heavy (non-hydrogen) atoms. The topological polar surface area (TPSA) is 17.1 Å². The monoisotopic (exact) mass is 224 g/mol. The fourth-order valence-electron chi connectivity index (χ4n) is 3.11. The Morgan fingerprint density at radius 1 is 1.31 bits per heavy atom. The second-order valence-electron chi connectivity index (χ2n) is 6.00. The zero-order valence-electron chi connectivity index (χ0n) is 11.5. The van der Waals surface area contributed by atoms with Crippen molar-refractivity contribution in [3.63, 3.8) is 0 Å². The third-order valence-electron chi connectivity index (χ3n) is 4.21. The van der Waals surface area contributed by atoms with Gasteiger partial charge in [-0.05, 0) is 37.0 Å². The Labute approximate surface area is 101 Å². The van der Waals surface area contributed by atoms with Gasteiger partial charge in [-0.3, -0.25) is 4.79 Å². The standard InChI is InChI=1S/C15H28O/c1-5-6-7-15(16)14-10-12(4)8-9-13(14)11(2)3/h11-14H,5-10H2,1-4H3. The van der Waals surface area contributed by atoms with Crippen LogP contribution in [0.4, 0.5) is 0 Å². The number of ketones is 1. The highest BCUT2D eigenvalue weighted by atomic mass is 16.1. The van der Waals surface area contributed by atoms with E-state index >= 15 is 0 Å². The van der Waals surface area contributed by atoms with Crippen molar-refractivity contribution in [2.24, 2.45) is 23.7 Å². The van der Waals surface area contributed by atoms with Crippen molar-refractivity contribution in [3.05, 3.63) is 0 Å². The summed E-state index contributed by atoms with van der Waals surface area (Å²) in [5.41, 5.74) is 0. The van der Waals surface area contributed by atoms with Crippen LogP contribution in [0.15, 0.2) is 0 Å². The minimum Gasteiger partial charge on any atom is -0.299 e. The van der Waals surface area contributed by atoms with Crippen LogP contribution in [0.2, 0.25) is 0 Å². The fourth-order valence-corrected chi connectivity index (χ4v) is 3.11. The smallest absolute Gasteiger partial charge is 0.136 e. The normalized spacial score (nSPS) is 30.7. The zero-order valence-corrected chi connectivity index (χ0v) is 11.5. The Bertz CT molecular complexity index is 219. The van der Waals surface area contributed by atoms with Crippen LogP contribution in [0.1, 0.15) is 66.2 Å². The highest BCUT2D eigenvalue weighted by Gasteiger charge is 2.34. The van der Waals surface area contributed by atoms with Crippen molar-refractivity contribution in [3.8, 4) is 0 Å². The Kier molecular flexibility index (Phi) is 5.51. The van der Waals surface area contributed by atoms with E-state index in [1.807, 2.05) is 0 Å². The summed E-state index contributed by atoms with van der Waals surface area (Å²) in [6, 6.07) is 0. The maximum Gasteiger partial charge on any atom is 0.136 e. The van der Waals surface area contributed by atoms with E-state index in [1.54, 1.807) is 0 Å². The molecular weight excluding hydrogens is 196 g/mol. The van der Waals surface area contributed by atoms with E-state index < -0.39 is 0 Å². The number of hydrogen-bond acceptors (Lipinski definition) is 1. The molecule has 1 heteroatoms. The lowest BCUT2D eigenvalue weighted by molar-refractivity contribution is -0.127. The van der Waals surface area contributed by atoms with Gasteiger partial charge in [0, 0.05) is 12.3 Å². The molecule has 0 aromatic rings. The molecule has 0 amide bonds. The van der Waals surface area contributed by atoms with Gasteiger partial charge in [0.25, 0.3) is 0 Å². The van der Waals surface area contributed by atoms with Gasteiger partial charge >= 0.3 is 0 Å². The largest absolute Gasteiger partial charge is 0.299 e. The molecule has 1 nitrogen and oxygen atoms in total. The summed E-state index contributed by atoms with van der Waals surface area (Å²) in [5.74, 6) is 3.00. The molecule has 0 bridgehead atoms. The molecule has 0 saturated heterocycles. The summed E-state index contributed by atoms with van der Waals surface area (Å²) >= 11 is 0. The van der Waals surface area contributed by atoms with Gasteiger partial charge in [-0.1, -0.05) is 40.5 Å². The van der Waals surface area contributed by atoms with E-state index in [-0.39, 0.29) is 0 Å². The van der Waals surface area contributed by atoms with Gasteiger partial charge < -0.3 is 0 Å². The van der Waals surface area contributed by atoms with Gasteiger partial charge in [0.2, 0.25) is 0 Å². The van der Waals surface area contributed by atoms with Crippen LogP contribution in [0.3, 0.4) is 0 Å². The van der Waals surface area contributed by atoms with E-state index in [1.165, 1.54) is 12.8 Å². The molecule has 3 atom stereocenters. The van der Waals surface area contributed by atoms with Gasteiger partial charge in [-0.15, -0.1) is 0 Å². The molecule has 0 radical (unpaired) electrons. The Balaban J connectivity index is 2.59. The van der Waals surface area contributed by atoms with Crippen LogP contribution in [-0.4, -0.2) is 5.78 Å². The zero-order chi connectivity index (χ0) is 12.1. The maximum absolute atomic E-state index is 12.2. The number of rotatable bonds is 5. The molecule has 1 saturated carbocycles. The molecule has 1 rings (SSSR count). The third kappa shape index (κ3) is 3.61. The van der Waals surface area contributed by atoms with E-state index in [2.05, 4.69) is 27.7 Å². The average molecular weight is 224 g/mol. The molecule has 3 unspecified atom stereocenters. The predicted molar refractivity (Wildman–Crippen MR) is 69.4 cm³/mol. The van der Waals surface area contributed by atoms with Crippen molar-refractivity contribution >= 4 is 5.78 Å². The molecule has 0 heterocycles. The molecule has 0 aromatic carbocycles. The molecule has 1 fully saturated rings. The maximum atomic E-state index is 12.2. The van der Waals surface area contributed by atoms with Crippen LogP contribution < -0.4 is 0 Å². The number of carbonyl (C=O) groups is 1. The summed E-state index contributed by atoms with van der Waals surface area (Å²) in [5, 5.41) is 0. The third-order valence-corrected chi connectivity index (χ3v) is 4.21. The number of Topliss-reactive ketones (excluding diaryl/α,β-unsaturated/α-hetero) is 1. The molecule has 1 aliphatic carbocycles. The number of unbranched alkanes of at least 4 members (excludes halogenated alkanes) is 1. The van der Waals surface area contributed by atoms with E-state index in [0.717, 1.165) is 31.6 Å². The summed E-state index contributed by atoms with van der Waals surface area (Å²) in [6.07, 6.45) is 6.76. The van der Waals surface area contributed by atoms with Crippen LogP contribution >= 0.6 is 0 Å². The van der Waals surface area contributed by atoms with Crippen molar-refractivity contribution in [2.45, 2.75) is 66.2 Å². The predicted octanol–water partition coefficient (Wildman–Crippen LogP) is 4.45. The average Bonchev–Trinajstić information content (AvgIpc) is 2.25. The Morgan fingerprint density at radius 3 is 2.56 bits per heavy atom. The fraction of sp³-hybridized carbons (Fsp3) is 0.933. The van der Waals surface area contributed by atoms with Crippen molar-refractivity contribution < 1.29 is 4.79 Å². The van der Waals surface area contributed by atoms with Crippen LogP contribution in [-0.2, 0) is 4.79 Å². The summed E-state index contributed by atoms with van der Waals surface area (Å²) < 4.78 is 0. The minimum absolute atomic E-state index is 0.371. The highest BCUT2D eigenvalue weighted by molar-refractivity contribution is 5.81. The molecule has 0 N–H and O–H groups in total. The summed E-state index contributed by atoms with van der Waals surface area (Å²) in [6.45, 7) is 9.02. The molecular formula is C15H28O. The van der Waals surface area contributed by atoms with Gasteiger partial charge in [0.1, 0.15) is 5.78 Å². The number of hydrogen-bond donors (Lipinski definition) is 0. The van der Waals surface area contributed by atoms with E-state index in [9.17, 15) is 4.79 Å². The van der Waals surface area contributed by atoms with Gasteiger partial charge in [-0.25, -0.2) is 0 Å². The SMILES string of the molecule is CCCCC(=O)C1CC(C)CCC1C(C)C. The molecule has 0 aliphatic heterocycles. The Morgan fingerprint density at radius 2 is 2.00 bits per heavy atom. The minimum atomic E-state index is 0.371. The van der Waals surface area contributed by atoms with Crippen molar-refractivity contribution in [1.29, 1.82) is 0 Å². The number of carbonyl (C=O) groups excluding carboxylic acids is 1. The van der Waals surface area contributed by atoms with Crippen molar-refractivity contribution in [1.82, 2.24) is 0 Å². The van der Waals surface area contributed by atoms with E-state index in [4.69, 9.17) is 0 Å². The highest BCUT2D eigenvalue weighted by Crippen LogP contribution is 2.39. The quantitative estimate of drug-likeness (QED) is 0.674. The van der Waals surface area contributed by atoms with Crippen molar-refractivity contribution in [2.75, 3.05) is 0 Å². The Hall–Kier alpha value is -0.330. The van der Waals surface area contributed by atoms with E-state index in [0.29, 0.717) is 23.5 Å². The first-order valence-corrected chi connectivity index (χ1v) is 7.09. The first-order valence-electron chi connectivity index (χ1n) is 7.09. The van der Waals surface area contributed by atoms with Crippen LogP contribution in [0.5, 0.6) is 0 Å². The van der Waals surface area contributed by atoms with Gasteiger partial charge in [0.15, 0.2) is 0 Å². The summed E-state index contributed by atoms with van der Waals surface area (Å²) in [7, 11) is 0. The lowest BCUT2D eigenvalue weighted by Gasteiger charge is -2.36. The molecule has 0 spiro atoms. The van der Waals surface area contributed by atoms with Gasteiger partial charge in [0.05, 0.1) is 0 Å². The second-order valence-corrected chi connectivity index (χ2v) is 6.00. The lowest BCUT2D eigenvalue weighted by Crippen LogP contribution is -2.33. The first kappa shape index (κ1) is 13.7. The molecule has 94 valence electrons. The lowest BCUT2D eigenvalue weighted by atomic mass is 9.68. The van der Waals surface area contributed by atoms with Crippen LogP contribution in [0, 0.1) is 23.7 Å². The molecule has 1 aliphatic rings. The van der Waals surface area contributed by atoms with Gasteiger partial charge in [-0.2, -0.15) is 0 Å². The molecule has 0 aromatic heterocycles. The second kappa shape index (κ2) is 6.42. The first-order chi connectivity index (χ1) is 7.56. The summed E-state index contributed by atoms with van der Waals surface area (Å²) in [4.78, 5) is 12.2. The van der Waals surface area contributed by atoms with Crippen LogP contribution in [0.25, 0.3) is 0 Å².